The van der Waals surface area contributed by atoms with Crippen LogP contribution in [0.3, 0.4) is 0 Å². The Morgan fingerprint density at radius 3 is 2.52 bits per heavy atom. The number of anilines is 2. The molecule has 5 heteroatoms. The van der Waals surface area contributed by atoms with Crippen molar-refractivity contribution in [2.24, 2.45) is 0 Å². The molecule has 0 bridgehead atoms. The average molecular weight is 289 g/mol. The lowest BCUT2D eigenvalue weighted by Crippen LogP contribution is -2.29. The molecule has 21 heavy (non-hydrogen) atoms. The minimum Gasteiger partial charge on any atom is -0.383 e. The molecule has 0 aromatic carbocycles. The van der Waals surface area contributed by atoms with E-state index < -0.39 is 0 Å². The van der Waals surface area contributed by atoms with Gasteiger partial charge in [0.15, 0.2) is 0 Å². The van der Waals surface area contributed by atoms with Gasteiger partial charge in [0.25, 0.3) is 0 Å². The SMILES string of the molecule is Cc1c(N)nc(C(C)(C)C)nc1NC1CCN(C2CC2)C1. The highest BCUT2D eigenvalue weighted by Gasteiger charge is 2.34. The second kappa shape index (κ2) is 5.13. The van der Waals surface area contributed by atoms with Gasteiger partial charge in [-0.05, 0) is 26.2 Å². The molecule has 2 aliphatic rings. The summed E-state index contributed by atoms with van der Waals surface area (Å²) in [6.45, 7) is 10.7. The number of likely N-dealkylation sites (tertiary alicyclic amines) is 1. The molecule has 1 aromatic rings. The average Bonchev–Trinajstić information content (AvgIpc) is 3.14. The summed E-state index contributed by atoms with van der Waals surface area (Å²) in [6, 6.07) is 1.32. The first-order valence-electron chi connectivity index (χ1n) is 8.00. The number of nitrogens with zero attached hydrogens (tertiary/aromatic N) is 3. The van der Waals surface area contributed by atoms with Crippen molar-refractivity contribution >= 4 is 11.6 Å². The highest BCUT2D eigenvalue weighted by atomic mass is 15.2. The number of hydrogen-bond donors (Lipinski definition) is 2. The molecule has 1 saturated carbocycles. The monoisotopic (exact) mass is 289 g/mol. The third-order valence-electron chi connectivity index (χ3n) is 4.48. The van der Waals surface area contributed by atoms with Gasteiger partial charge in [0.2, 0.25) is 0 Å². The van der Waals surface area contributed by atoms with Gasteiger partial charge in [0.05, 0.1) is 0 Å². The maximum absolute atomic E-state index is 6.08. The molecule has 1 atom stereocenters. The van der Waals surface area contributed by atoms with Crippen LogP contribution >= 0.6 is 0 Å². The molecule has 1 unspecified atom stereocenters. The fraction of sp³-hybridized carbons (Fsp3) is 0.750. The van der Waals surface area contributed by atoms with Crippen LogP contribution in [0.15, 0.2) is 0 Å². The minimum atomic E-state index is -0.0893. The van der Waals surface area contributed by atoms with Crippen molar-refractivity contribution < 1.29 is 0 Å². The summed E-state index contributed by atoms with van der Waals surface area (Å²) in [5.74, 6) is 2.31. The van der Waals surface area contributed by atoms with Gasteiger partial charge < -0.3 is 11.1 Å². The Morgan fingerprint density at radius 1 is 1.19 bits per heavy atom. The lowest BCUT2D eigenvalue weighted by molar-refractivity contribution is 0.326. The fourth-order valence-electron chi connectivity index (χ4n) is 2.88. The van der Waals surface area contributed by atoms with Crippen LogP contribution in [0, 0.1) is 6.92 Å². The molecule has 1 saturated heterocycles. The zero-order chi connectivity index (χ0) is 15.2. The number of nitrogens with two attached hydrogens (primary N) is 1. The van der Waals surface area contributed by atoms with E-state index in [9.17, 15) is 0 Å². The number of aromatic nitrogens is 2. The predicted molar refractivity (Wildman–Crippen MR) is 86.5 cm³/mol. The molecule has 1 aromatic heterocycles. The van der Waals surface area contributed by atoms with Crippen LogP contribution in [0.2, 0.25) is 0 Å². The van der Waals surface area contributed by atoms with E-state index in [1.165, 1.54) is 25.8 Å². The van der Waals surface area contributed by atoms with E-state index >= 15 is 0 Å². The number of hydrogen-bond acceptors (Lipinski definition) is 5. The van der Waals surface area contributed by atoms with Crippen LogP contribution in [0.1, 0.15) is 51.4 Å². The molecule has 3 N–H and O–H groups in total. The molecular formula is C16H27N5. The standard InChI is InChI=1S/C16H27N5/c1-10-13(17)19-15(16(2,3)4)20-14(10)18-11-7-8-21(9-11)12-5-6-12/h11-12H,5-9H2,1-4H3,(H3,17,18,19,20). The Kier molecular flexibility index (Phi) is 3.56. The largest absolute Gasteiger partial charge is 0.383 e. The van der Waals surface area contributed by atoms with E-state index in [1.54, 1.807) is 0 Å². The third-order valence-corrected chi connectivity index (χ3v) is 4.48. The highest BCUT2D eigenvalue weighted by molar-refractivity contribution is 5.55. The minimum absolute atomic E-state index is 0.0893. The Labute approximate surface area is 127 Å². The van der Waals surface area contributed by atoms with Crippen LogP contribution in [0.5, 0.6) is 0 Å². The zero-order valence-electron chi connectivity index (χ0n) is 13.6. The summed E-state index contributed by atoms with van der Waals surface area (Å²) < 4.78 is 0. The smallest absolute Gasteiger partial charge is 0.138 e. The van der Waals surface area contributed by atoms with Crippen LogP contribution in [-0.4, -0.2) is 40.0 Å². The van der Waals surface area contributed by atoms with Crippen LogP contribution < -0.4 is 11.1 Å². The molecule has 0 amide bonds. The van der Waals surface area contributed by atoms with E-state index in [0.29, 0.717) is 11.9 Å². The number of nitrogen functional groups attached to an aromatic ring is 1. The Morgan fingerprint density at radius 2 is 1.90 bits per heavy atom. The first kappa shape index (κ1) is 14.6. The fourth-order valence-corrected chi connectivity index (χ4v) is 2.88. The van der Waals surface area contributed by atoms with Crippen LogP contribution in [0.25, 0.3) is 0 Å². The van der Waals surface area contributed by atoms with Crippen molar-refractivity contribution in [3.05, 3.63) is 11.4 Å². The van der Waals surface area contributed by atoms with Crippen molar-refractivity contribution in [1.29, 1.82) is 0 Å². The van der Waals surface area contributed by atoms with Gasteiger partial charge in [0.1, 0.15) is 17.5 Å². The molecule has 5 nitrogen and oxygen atoms in total. The lowest BCUT2D eigenvalue weighted by Gasteiger charge is -2.22. The Bertz CT molecular complexity index is 530. The zero-order valence-corrected chi connectivity index (χ0v) is 13.6. The van der Waals surface area contributed by atoms with Gasteiger partial charge in [-0.3, -0.25) is 4.90 Å². The normalized spacial score (nSPS) is 23.5. The van der Waals surface area contributed by atoms with Gasteiger partial charge >= 0.3 is 0 Å². The third kappa shape index (κ3) is 3.12. The van der Waals surface area contributed by atoms with Gasteiger partial charge in [-0.1, -0.05) is 20.8 Å². The van der Waals surface area contributed by atoms with Gasteiger partial charge in [-0.25, -0.2) is 9.97 Å². The maximum Gasteiger partial charge on any atom is 0.138 e. The second-order valence-electron chi connectivity index (χ2n) is 7.51. The van der Waals surface area contributed by atoms with Crippen molar-refractivity contribution in [2.75, 3.05) is 24.1 Å². The van der Waals surface area contributed by atoms with Crippen molar-refractivity contribution in [3.8, 4) is 0 Å². The molecular weight excluding hydrogens is 262 g/mol. The summed E-state index contributed by atoms with van der Waals surface area (Å²) in [5.41, 5.74) is 6.95. The van der Waals surface area contributed by atoms with E-state index in [2.05, 4.69) is 36.0 Å². The predicted octanol–water partition coefficient (Wildman–Crippen LogP) is 2.31. The summed E-state index contributed by atoms with van der Waals surface area (Å²) in [5, 5.41) is 3.60. The molecule has 0 radical (unpaired) electrons. The van der Waals surface area contributed by atoms with Gasteiger partial charge in [0, 0.05) is 36.2 Å². The molecule has 1 aliphatic carbocycles. The summed E-state index contributed by atoms with van der Waals surface area (Å²) >= 11 is 0. The van der Waals surface area contributed by atoms with Crippen molar-refractivity contribution in [1.82, 2.24) is 14.9 Å². The van der Waals surface area contributed by atoms with Crippen LogP contribution in [0.4, 0.5) is 11.6 Å². The molecule has 0 spiro atoms. The molecule has 2 fully saturated rings. The van der Waals surface area contributed by atoms with Crippen LogP contribution in [-0.2, 0) is 5.41 Å². The number of nitrogens with one attached hydrogen (secondary N) is 1. The van der Waals surface area contributed by atoms with Gasteiger partial charge in [-0.2, -0.15) is 0 Å². The van der Waals surface area contributed by atoms with E-state index in [-0.39, 0.29) is 5.41 Å². The Hall–Kier alpha value is -1.36. The Balaban J connectivity index is 1.76. The lowest BCUT2D eigenvalue weighted by atomic mass is 9.95. The van der Waals surface area contributed by atoms with E-state index in [1.807, 2.05) is 6.92 Å². The molecule has 116 valence electrons. The summed E-state index contributed by atoms with van der Waals surface area (Å²) in [4.78, 5) is 11.8. The number of rotatable bonds is 3. The van der Waals surface area contributed by atoms with Gasteiger partial charge in [-0.15, -0.1) is 0 Å². The molecule has 2 heterocycles. The maximum atomic E-state index is 6.08. The van der Waals surface area contributed by atoms with E-state index in [4.69, 9.17) is 10.7 Å². The molecule has 1 aliphatic heterocycles. The molecule has 3 rings (SSSR count). The first-order chi connectivity index (χ1) is 9.84. The highest BCUT2D eigenvalue weighted by Crippen LogP contribution is 2.31. The topological polar surface area (TPSA) is 67.1 Å². The first-order valence-corrected chi connectivity index (χ1v) is 8.00. The summed E-state index contributed by atoms with van der Waals surface area (Å²) in [7, 11) is 0. The quantitative estimate of drug-likeness (QED) is 0.894. The summed E-state index contributed by atoms with van der Waals surface area (Å²) in [6.07, 6.45) is 3.94. The van der Waals surface area contributed by atoms with Crippen molar-refractivity contribution in [2.45, 2.75) is 64.5 Å². The van der Waals surface area contributed by atoms with E-state index in [0.717, 1.165) is 29.8 Å². The van der Waals surface area contributed by atoms with Crippen molar-refractivity contribution in [3.63, 3.8) is 0 Å². The second-order valence-corrected chi connectivity index (χ2v) is 7.51.